The summed E-state index contributed by atoms with van der Waals surface area (Å²) in [5.74, 6) is 0. The molecule has 5 atom stereocenters. The Bertz CT molecular complexity index is 867. The molecule has 32 heavy (non-hydrogen) atoms. The third-order valence-corrected chi connectivity index (χ3v) is 5.82. The number of aliphatic hydroxyl groups is 1. The van der Waals surface area contributed by atoms with Gasteiger partial charge in [-0.25, -0.2) is 0 Å². The van der Waals surface area contributed by atoms with Gasteiger partial charge in [0, 0.05) is 6.04 Å². The van der Waals surface area contributed by atoms with E-state index in [9.17, 15) is 5.11 Å². The monoisotopic (exact) mass is 433 g/mol. The Morgan fingerprint density at radius 3 is 1.41 bits per heavy atom. The SMILES string of the molecule is N[C@@H]1C[C@@H](O)[C@H](OCc2ccccc2)[C@@H](OCc2ccccc2)[C@@H]1OCc1ccccc1. The first-order chi connectivity index (χ1) is 15.7. The average Bonchev–Trinajstić information content (AvgIpc) is 2.83. The molecule has 0 aliphatic heterocycles. The van der Waals surface area contributed by atoms with Gasteiger partial charge < -0.3 is 25.1 Å². The molecule has 0 saturated heterocycles. The molecule has 3 aromatic rings. The third-order valence-electron chi connectivity index (χ3n) is 5.82. The number of nitrogens with two attached hydrogens (primary N) is 1. The molecular formula is C27H31NO4. The lowest BCUT2D eigenvalue weighted by molar-refractivity contribution is -0.206. The summed E-state index contributed by atoms with van der Waals surface area (Å²) >= 11 is 0. The van der Waals surface area contributed by atoms with Crippen LogP contribution in [0.4, 0.5) is 0 Å². The summed E-state index contributed by atoms with van der Waals surface area (Å²) in [5, 5.41) is 10.8. The van der Waals surface area contributed by atoms with Gasteiger partial charge in [-0.3, -0.25) is 0 Å². The van der Waals surface area contributed by atoms with Gasteiger partial charge in [0.1, 0.15) is 18.3 Å². The van der Waals surface area contributed by atoms with Gasteiger partial charge >= 0.3 is 0 Å². The van der Waals surface area contributed by atoms with Crippen LogP contribution in [-0.4, -0.2) is 35.6 Å². The van der Waals surface area contributed by atoms with E-state index in [0.29, 0.717) is 26.2 Å². The van der Waals surface area contributed by atoms with E-state index in [1.165, 1.54) is 0 Å². The fraction of sp³-hybridized carbons (Fsp3) is 0.333. The molecule has 5 heteroatoms. The normalized spacial score (nSPS) is 25.5. The van der Waals surface area contributed by atoms with Crippen LogP contribution in [-0.2, 0) is 34.0 Å². The molecule has 0 aromatic heterocycles. The van der Waals surface area contributed by atoms with Crippen LogP contribution in [0.2, 0.25) is 0 Å². The highest BCUT2D eigenvalue weighted by molar-refractivity contribution is 5.16. The molecule has 0 heterocycles. The smallest absolute Gasteiger partial charge is 0.114 e. The number of aliphatic hydroxyl groups excluding tert-OH is 1. The molecule has 3 aromatic carbocycles. The van der Waals surface area contributed by atoms with Gasteiger partial charge in [0.15, 0.2) is 0 Å². The quantitative estimate of drug-likeness (QED) is 0.536. The standard InChI is InChI=1S/C27H31NO4/c28-23-16-24(29)26(31-18-21-12-6-2-7-13-21)27(32-19-22-14-8-3-9-15-22)25(23)30-17-20-10-4-1-5-11-20/h1-15,23-27,29H,16-19,28H2/t23-,24-,25-,26+,27+/m1/s1. The van der Waals surface area contributed by atoms with E-state index in [4.69, 9.17) is 19.9 Å². The summed E-state index contributed by atoms with van der Waals surface area (Å²) < 4.78 is 18.8. The predicted molar refractivity (Wildman–Crippen MR) is 124 cm³/mol. The molecule has 1 aliphatic rings. The van der Waals surface area contributed by atoms with Crippen LogP contribution in [0.1, 0.15) is 23.1 Å². The van der Waals surface area contributed by atoms with Gasteiger partial charge in [-0.1, -0.05) is 91.0 Å². The van der Waals surface area contributed by atoms with Crippen LogP contribution in [0, 0.1) is 0 Å². The maximum Gasteiger partial charge on any atom is 0.114 e. The lowest BCUT2D eigenvalue weighted by atomic mass is 9.85. The molecule has 0 bridgehead atoms. The van der Waals surface area contributed by atoms with E-state index < -0.39 is 24.4 Å². The van der Waals surface area contributed by atoms with Crippen molar-refractivity contribution in [3.63, 3.8) is 0 Å². The van der Waals surface area contributed by atoms with Crippen LogP contribution in [0.5, 0.6) is 0 Å². The molecule has 4 rings (SSSR count). The predicted octanol–water partition coefficient (Wildman–Crippen LogP) is 3.83. The Labute approximate surface area is 189 Å². The molecule has 1 saturated carbocycles. The Kier molecular flexibility index (Phi) is 8.04. The lowest BCUT2D eigenvalue weighted by Crippen LogP contribution is -2.61. The van der Waals surface area contributed by atoms with Crippen LogP contribution in [0.3, 0.4) is 0 Å². The second-order valence-corrected chi connectivity index (χ2v) is 8.25. The number of hydrogen-bond donors (Lipinski definition) is 2. The first-order valence-electron chi connectivity index (χ1n) is 11.1. The number of ether oxygens (including phenoxy) is 3. The molecule has 0 amide bonds. The molecule has 1 aliphatic carbocycles. The maximum absolute atomic E-state index is 10.8. The van der Waals surface area contributed by atoms with Crippen molar-refractivity contribution in [2.24, 2.45) is 5.73 Å². The van der Waals surface area contributed by atoms with Crippen molar-refractivity contribution in [3.8, 4) is 0 Å². The van der Waals surface area contributed by atoms with Crippen LogP contribution >= 0.6 is 0 Å². The van der Waals surface area contributed by atoms with Crippen molar-refractivity contribution in [2.45, 2.75) is 56.7 Å². The Morgan fingerprint density at radius 1 is 0.594 bits per heavy atom. The van der Waals surface area contributed by atoms with E-state index >= 15 is 0 Å². The van der Waals surface area contributed by atoms with Crippen LogP contribution in [0.15, 0.2) is 91.0 Å². The molecule has 5 nitrogen and oxygen atoms in total. The minimum absolute atomic E-state index is 0.355. The summed E-state index contributed by atoms with van der Waals surface area (Å²) in [7, 11) is 0. The van der Waals surface area contributed by atoms with Gasteiger partial charge in [-0.05, 0) is 23.1 Å². The molecule has 0 unspecified atom stereocenters. The zero-order chi connectivity index (χ0) is 22.2. The molecule has 0 radical (unpaired) electrons. The van der Waals surface area contributed by atoms with Crippen LogP contribution < -0.4 is 5.73 Å². The Balaban J connectivity index is 1.50. The van der Waals surface area contributed by atoms with Crippen molar-refractivity contribution in [2.75, 3.05) is 0 Å². The Hall–Kier alpha value is -2.54. The minimum atomic E-state index is -0.730. The molecule has 168 valence electrons. The summed E-state index contributed by atoms with van der Waals surface area (Å²) in [4.78, 5) is 0. The van der Waals surface area contributed by atoms with Crippen molar-refractivity contribution < 1.29 is 19.3 Å². The zero-order valence-corrected chi connectivity index (χ0v) is 18.1. The van der Waals surface area contributed by atoms with E-state index in [1.54, 1.807) is 0 Å². The largest absolute Gasteiger partial charge is 0.390 e. The summed E-state index contributed by atoms with van der Waals surface area (Å²) in [5.41, 5.74) is 9.59. The van der Waals surface area contributed by atoms with Gasteiger partial charge in [0.05, 0.1) is 25.9 Å². The van der Waals surface area contributed by atoms with Crippen molar-refractivity contribution in [1.29, 1.82) is 0 Å². The van der Waals surface area contributed by atoms with E-state index in [-0.39, 0.29) is 6.04 Å². The minimum Gasteiger partial charge on any atom is -0.390 e. The first-order valence-corrected chi connectivity index (χ1v) is 11.1. The summed E-state index contributed by atoms with van der Waals surface area (Å²) in [6, 6.07) is 29.5. The summed E-state index contributed by atoms with van der Waals surface area (Å²) in [6.07, 6.45) is -1.78. The van der Waals surface area contributed by atoms with Crippen molar-refractivity contribution in [3.05, 3.63) is 108 Å². The van der Waals surface area contributed by atoms with Gasteiger partial charge in [0.25, 0.3) is 0 Å². The van der Waals surface area contributed by atoms with Gasteiger partial charge in [0.2, 0.25) is 0 Å². The topological polar surface area (TPSA) is 73.9 Å². The highest BCUT2D eigenvalue weighted by Gasteiger charge is 2.45. The maximum atomic E-state index is 10.8. The fourth-order valence-electron chi connectivity index (χ4n) is 4.11. The number of hydrogen-bond acceptors (Lipinski definition) is 5. The van der Waals surface area contributed by atoms with E-state index in [1.807, 2.05) is 91.0 Å². The third kappa shape index (κ3) is 6.03. The highest BCUT2D eigenvalue weighted by Crippen LogP contribution is 2.29. The fourth-order valence-corrected chi connectivity index (χ4v) is 4.11. The van der Waals surface area contributed by atoms with Crippen molar-refractivity contribution >= 4 is 0 Å². The molecule has 3 N–H and O–H groups in total. The average molecular weight is 434 g/mol. The second-order valence-electron chi connectivity index (χ2n) is 8.25. The lowest BCUT2D eigenvalue weighted by Gasteiger charge is -2.43. The zero-order valence-electron chi connectivity index (χ0n) is 18.1. The number of rotatable bonds is 9. The van der Waals surface area contributed by atoms with Gasteiger partial charge in [-0.15, -0.1) is 0 Å². The number of benzene rings is 3. The second kappa shape index (κ2) is 11.4. The Morgan fingerprint density at radius 2 is 0.969 bits per heavy atom. The first kappa shape index (κ1) is 22.6. The molecule has 1 fully saturated rings. The summed E-state index contributed by atoms with van der Waals surface area (Å²) in [6.45, 7) is 1.20. The van der Waals surface area contributed by atoms with Crippen LogP contribution in [0.25, 0.3) is 0 Å². The molecular weight excluding hydrogens is 402 g/mol. The highest BCUT2D eigenvalue weighted by atomic mass is 16.6. The van der Waals surface area contributed by atoms with E-state index in [2.05, 4.69) is 0 Å². The van der Waals surface area contributed by atoms with Crippen molar-refractivity contribution in [1.82, 2.24) is 0 Å². The molecule has 0 spiro atoms. The van der Waals surface area contributed by atoms with Gasteiger partial charge in [-0.2, -0.15) is 0 Å². The van der Waals surface area contributed by atoms with E-state index in [0.717, 1.165) is 16.7 Å².